The molecule has 0 saturated carbocycles. The normalized spacial score (nSPS) is 10.8. The highest BCUT2D eigenvalue weighted by molar-refractivity contribution is 5.17. The fourth-order valence-corrected chi connectivity index (χ4v) is 1.21. The van der Waals surface area contributed by atoms with Crippen molar-refractivity contribution in [3.8, 4) is 0 Å². The summed E-state index contributed by atoms with van der Waals surface area (Å²) < 4.78 is 12.5. The first-order chi connectivity index (χ1) is 5.47. The minimum atomic E-state index is -0.160. The van der Waals surface area contributed by atoms with E-state index >= 15 is 0 Å². The van der Waals surface area contributed by atoms with E-state index in [1.165, 1.54) is 17.7 Å². The third kappa shape index (κ3) is 4.66. The van der Waals surface area contributed by atoms with E-state index in [0.29, 0.717) is 0 Å². The summed E-state index contributed by atoms with van der Waals surface area (Å²) in [5, 5.41) is 0. The van der Waals surface area contributed by atoms with Crippen LogP contribution in [0.4, 0.5) is 4.39 Å². The summed E-state index contributed by atoms with van der Waals surface area (Å²) in [7, 11) is 0. The molecule has 13 heavy (non-hydrogen) atoms. The predicted molar refractivity (Wildman–Crippen MR) is 56.3 cm³/mol. The van der Waals surface area contributed by atoms with Crippen LogP contribution in [0.3, 0.4) is 0 Å². The lowest BCUT2D eigenvalue weighted by Gasteiger charge is -2.17. The van der Waals surface area contributed by atoms with Gasteiger partial charge in [0.05, 0.1) is 0 Å². The maximum Gasteiger partial charge on any atom is 0.123 e. The first kappa shape index (κ1) is 12.2. The predicted octanol–water partition coefficient (Wildman–Crippen LogP) is 4.05. The van der Waals surface area contributed by atoms with E-state index in [4.69, 9.17) is 0 Å². The van der Waals surface area contributed by atoms with Gasteiger partial charge in [-0.25, -0.2) is 4.39 Å². The molecule has 0 spiro atoms. The van der Waals surface area contributed by atoms with Gasteiger partial charge < -0.3 is 0 Å². The van der Waals surface area contributed by atoms with Crippen molar-refractivity contribution < 1.29 is 4.39 Å². The Hall–Kier alpha value is -0.850. The number of hydrogen-bond acceptors (Lipinski definition) is 0. The molecule has 0 atom stereocenters. The van der Waals surface area contributed by atoms with E-state index in [1.807, 2.05) is 12.1 Å². The third-order valence-electron chi connectivity index (χ3n) is 1.65. The van der Waals surface area contributed by atoms with E-state index in [0.717, 1.165) is 6.42 Å². The lowest BCUT2D eigenvalue weighted by Crippen LogP contribution is -2.08. The smallest absolute Gasteiger partial charge is 0.123 e. The first-order valence-corrected chi connectivity index (χ1v) is 4.22. The Kier molecular flexibility index (Phi) is 4.12. The van der Waals surface area contributed by atoms with Crippen molar-refractivity contribution in [1.82, 2.24) is 0 Å². The highest BCUT2D eigenvalue weighted by Crippen LogP contribution is 2.20. The van der Waals surface area contributed by atoms with Gasteiger partial charge in [0.15, 0.2) is 0 Å². The molecular weight excluding hydrogens is 163 g/mol. The molecule has 0 radical (unpaired) electrons. The molecule has 0 saturated heterocycles. The number of benzene rings is 1. The Balaban J connectivity index is 0.00000144. The quantitative estimate of drug-likeness (QED) is 0.614. The molecule has 0 bridgehead atoms. The molecule has 1 heteroatoms. The van der Waals surface area contributed by atoms with Crippen molar-refractivity contribution in [3.05, 3.63) is 35.6 Å². The Morgan fingerprint density at radius 3 is 1.92 bits per heavy atom. The average Bonchev–Trinajstić information content (AvgIpc) is 1.91. The summed E-state index contributed by atoms with van der Waals surface area (Å²) in [5.41, 5.74) is 1.47. The second-order valence-corrected chi connectivity index (χ2v) is 4.36. The topological polar surface area (TPSA) is 0 Å². The largest absolute Gasteiger partial charge is 0.207 e. The van der Waals surface area contributed by atoms with Crippen molar-refractivity contribution in [2.75, 3.05) is 0 Å². The van der Waals surface area contributed by atoms with Crippen LogP contribution in [0.15, 0.2) is 24.3 Å². The molecule has 1 aromatic rings. The molecule has 0 aromatic heterocycles. The molecule has 0 N–H and O–H groups in total. The highest BCUT2D eigenvalue weighted by atomic mass is 19.1. The summed E-state index contributed by atoms with van der Waals surface area (Å²) in [5.74, 6) is -0.160. The number of hydrogen-bond donors (Lipinski definition) is 0. The highest BCUT2D eigenvalue weighted by Gasteiger charge is 2.10. The maximum absolute atomic E-state index is 12.5. The fraction of sp³-hybridized carbons (Fsp3) is 0.500. The molecular formula is C12H19F. The summed E-state index contributed by atoms with van der Waals surface area (Å²) in [6.07, 6.45) is 0.993. The molecule has 0 aliphatic carbocycles. The van der Waals surface area contributed by atoms with Crippen molar-refractivity contribution in [2.24, 2.45) is 5.41 Å². The van der Waals surface area contributed by atoms with Gasteiger partial charge in [-0.05, 0) is 29.5 Å². The summed E-state index contributed by atoms with van der Waals surface area (Å²) in [4.78, 5) is 0. The standard InChI is InChI=1S/C11H15F.CH4/c1-11(2,3)8-9-4-6-10(12)7-5-9;/h4-7H,8H2,1-3H3;1H4. The van der Waals surface area contributed by atoms with Crippen molar-refractivity contribution in [2.45, 2.75) is 34.6 Å². The second kappa shape index (κ2) is 4.40. The summed E-state index contributed by atoms with van der Waals surface area (Å²) >= 11 is 0. The van der Waals surface area contributed by atoms with Crippen LogP contribution in [-0.2, 0) is 6.42 Å². The third-order valence-corrected chi connectivity index (χ3v) is 1.65. The van der Waals surface area contributed by atoms with Gasteiger partial charge in [0.25, 0.3) is 0 Å². The summed E-state index contributed by atoms with van der Waals surface area (Å²) in [6.45, 7) is 6.53. The maximum atomic E-state index is 12.5. The van der Waals surface area contributed by atoms with E-state index in [9.17, 15) is 4.39 Å². The van der Waals surface area contributed by atoms with Gasteiger partial charge in [0.1, 0.15) is 5.82 Å². The van der Waals surface area contributed by atoms with Gasteiger partial charge in [-0.15, -0.1) is 0 Å². The fourth-order valence-electron chi connectivity index (χ4n) is 1.21. The zero-order valence-electron chi connectivity index (χ0n) is 7.89. The van der Waals surface area contributed by atoms with Crippen LogP contribution in [0.1, 0.15) is 33.8 Å². The van der Waals surface area contributed by atoms with Crippen LogP contribution >= 0.6 is 0 Å². The van der Waals surface area contributed by atoms with Crippen molar-refractivity contribution >= 4 is 0 Å². The molecule has 0 unspecified atom stereocenters. The Morgan fingerprint density at radius 1 is 1.08 bits per heavy atom. The minimum absolute atomic E-state index is 0. The molecule has 1 aromatic carbocycles. The van der Waals surface area contributed by atoms with Gasteiger partial charge in [-0.1, -0.05) is 40.3 Å². The SMILES string of the molecule is C.CC(C)(C)Cc1ccc(F)cc1. The molecule has 74 valence electrons. The van der Waals surface area contributed by atoms with Crippen LogP contribution in [-0.4, -0.2) is 0 Å². The van der Waals surface area contributed by atoms with Gasteiger partial charge in [0.2, 0.25) is 0 Å². The minimum Gasteiger partial charge on any atom is -0.207 e. The molecule has 0 fully saturated rings. The van der Waals surface area contributed by atoms with Gasteiger partial charge in [-0.3, -0.25) is 0 Å². The zero-order chi connectivity index (χ0) is 9.19. The Labute approximate surface area is 80.8 Å². The van der Waals surface area contributed by atoms with Crippen LogP contribution < -0.4 is 0 Å². The summed E-state index contributed by atoms with van der Waals surface area (Å²) in [6, 6.07) is 6.73. The Morgan fingerprint density at radius 2 is 1.54 bits per heavy atom. The second-order valence-electron chi connectivity index (χ2n) is 4.36. The van der Waals surface area contributed by atoms with Crippen LogP contribution in [0.5, 0.6) is 0 Å². The number of rotatable bonds is 1. The molecule has 0 aliphatic heterocycles. The van der Waals surface area contributed by atoms with Crippen molar-refractivity contribution in [3.63, 3.8) is 0 Å². The van der Waals surface area contributed by atoms with E-state index < -0.39 is 0 Å². The lowest BCUT2D eigenvalue weighted by molar-refractivity contribution is 0.411. The van der Waals surface area contributed by atoms with Crippen LogP contribution in [0, 0.1) is 11.2 Å². The first-order valence-electron chi connectivity index (χ1n) is 4.22. The van der Waals surface area contributed by atoms with Gasteiger partial charge in [0, 0.05) is 0 Å². The average molecular weight is 182 g/mol. The number of halogens is 1. The van der Waals surface area contributed by atoms with Crippen molar-refractivity contribution in [1.29, 1.82) is 0 Å². The Bertz CT molecular complexity index is 241. The van der Waals surface area contributed by atoms with E-state index in [2.05, 4.69) is 20.8 Å². The molecule has 1 rings (SSSR count). The van der Waals surface area contributed by atoms with Crippen LogP contribution in [0.2, 0.25) is 0 Å². The zero-order valence-corrected chi connectivity index (χ0v) is 7.89. The molecule has 0 heterocycles. The lowest BCUT2D eigenvalue weighted by atomic mass is 9.88. The van der Waals surface area contributed by atoms with E-state index in [-0.39, 0.29) is 18.7 Å². The molecule has 0 nitrogen and oxygen atoms in total. The van der Waals surface area contributed by atoms with Gasteiger partial charge in [-0.2, -0.15) is 0 Å². The van der Waals surface area contributed by atoms with Gasteiger partial charge >= 0.3 is 0 Å². The monoisotopic (exact) mass is 182 g/mol. The molecule has 0 aliphatic rings. The van der Waals surface area contributed by atoms with E-state index in [1.54, 1.807) is 0 Å². The molecule has 0 amide bonds. The van der Waals surface area contributed by atoms with Crippen LogP contribution in [0.25, 0.3) is 0 Å².